The normalized spacial score (nSPS) is 10.3. The molecule has 0 spiro atoms. The van der Waals surface area contributed by atoms with E-state index in [-0.39, 0.29) is 17.4 Å². The minimum absolute atomic E-state index is 0.0898. The van der Waals surface area contributed by atoms with Crippen LogP contribution in [-0.4, -0.2) is 4.98 Å². The van der Waals surface area contributed by atoms with Crippen LogP contribution in [0.1, 0.15) is 5.69 Å². The fourth-order valence-corrected chi connectivity index (χ4v) is 1.61. The van der Waals surface area contributed by atoms with E-state index in [1.54, 1.807) is 12.3 Å². The molecular weight excluding hydrogens is 213 g/mol. The average molecular weight is 222 g/mol. The fourth-order valence-electron chi connectivity index (χ4n) is 1.42. The van der Waals surface area contributed by atoms with E-state index < -0.39 is 0 Å². The van der Waals surface area contributed by atoms with Crippen LogP contribution in [0.5, 0.6) is 0 Å². The standard InChI is InChI=1S/C12H9ClFN/c13-8-11-12(14)10(6-7-15-11)9-4-2-1-3-5-9/h1-7H,8H2. The molecule has 15 heavy (non-hydrogen) atoms. The lowest BCUT2D eigenvalue weighted by Gasteiger charge is -2.05. The first-order valence-corrected chi connectivity index (χ1v) is 5.11. The zero-order chi connectivity index (χ0) is 10.7. The lowest BCUT2D eigenvalue weighted by molar-refractivity contribution is 0.611. The van der Waals surface area contributed by atoms with E-state index in [2.05, 4.69) is 4.98 Å². The molecule has 3 heteroatoms. The van der Waals surface area contributed by atoms with Gasteiger partial charge in [-0.3, -0.25) is 4.98 Å². The van der Waals surface area contributed by atoms with Crippen molar-refractivity contribution < 1.29 is 4.39 Å². The molecule has 0 atom stereocenters. The lowest BCUT2D eigenvalue weighted by atomic mass is 10.1. The monoisotopic (exact) mass is 221 g/mol. The molecule has 76 valence electrons. The Morgan fingerprint density at radius 3 is 2.53 bits per heavy atom. The minimum Gasteiger partial charge on any atom is -0.257 e. The Labute approximate surface area is 92.5 Å². The van der Waals surface area contributed by atoms with Crippen molar-refractivity contribution in [2.24, 2.45) is 0 Å². The van der Waals surface area contributed by atoms with Gasteiger partial charge in [0.2, 0.25) is 0 Å². The number of nitrogens with zero attached hydrogens (tertiary/aromatic N) is 1. The van der Waals surface area contributed by atoms with Gasteiger partial charge >= 0.3 is 0 Å². The quantitative estimate of drug-likeness (QED) is 0.706. The Morgan fingerprint density at radius 2 is 1.87 bits per heavy atom. The summed E-state index contributed by atoms with van der Waals surface area (Å²) in [6.07, 6.45) is 1.57. The van der Waals surface area contributed by atoms with E-state index in [0.29, 0.717) is 5.56 Å². The molecule has 0 aliphatic rings. The van der Waals surface area contributed by atoms with Gasteiger partial charge in [-0.2, -0.15) is 0 Å². The van der Waals surface area contributed by atoms with Gasteiger partial charge in [0.05, 0.1) is 11.6 Å². The van der Waals surface area contributed by atoms with Crippen molar-refractivity contribution in [3.05, 3.63) is 54.1 Å². The molecule has 2 aromatic rings. The number of alkyl halides is 1. The molecule has 1 aromatic heterocycles. The molecule has 0 amide bonds. The van der Waals surface area contributed by atoms with Crippen LogP contribution in [0, 0.1) is 5.82 Å². The second-order valence-corrected chi connectivity index (χ2v) is 3.39. The second kappa shape index (κ2) is 4.41. The van der Waals surface area contributed by atoms with Crippen molar-refractivity contribution >= 4 is 11.6 Å². The molecule has 0 unspecified atom stereocenters. The van der Waals surface area contributed by atoms with E-state index in [4.69, 9.17) is 11.6 Å². The average Bonchev–Trinajstić information content (AvgIpc) is 2.30. The zero-order valence-corrected chi connectivity index (χ0v) is 8.71. The SMILES string of the molecule is Fc1c(-c2ccccc2)ccnc1CCl. The van der Waals surface area contributed by atoms with E-state index in [0.717, 1.165) is 5.56 Å². The van der Waals surface area contributed by atoms with Gasteiger partial charge in [-0.15, -0.1) is 11.6 Å². The molecule has 0 N–H and O–H groups in total. The first-order valence-electron chi connectivity index (χ1n) is 4.57. The Kier molecular flexibility index (Phi) is 2.97. The van der Waals surface area contributed by atoms with Crippen molar-refractivity contribution in [1.29, 1.82) is 0 Å². The molecule has 2 rings (SSSR count). The fraction of sp³-hybridized carbons (Fsp3) is 0.0833. The van der Waals surface area contributed by atoms with Gasteiger partial charge < -0.3 is 0 Å². The molecule has 0 saturated carbocycles. The third kappa shape index (κ3) is 2.00. The maximum Gasteiger partial charge on any atom is 0.153 e. The van der Waals surface area contributed by atoms with Crippen LogP contribution >= 0.6 is 11.6 Å². The van der Waals surface area contributed by atoms with E-state index in [9.17, 15) is 4.39 Å². The lowest BCUT2D eigenvalue weighted by Crippen LogP contribution is -1.94. The van der Waals surface area contributed by atoms with E-state index in [1.165, 1.54) is 0 Å². The molecule has 1 nitrogen and oxygen atoms in total. The van der Waals surface area contributed by atoms with Crippen molar-refractivity contribution in [3.8, 4) is 11.1 Å². The summed E-state index contributed by atoms with van der Waals surface area (Å²) in [5, 5.41) is 0. The first-order chi connectivity index (χ1) is 7.33. The van der Waals surface area contributed by atoms with Crippen LogP contribution < -0.4 is 0 Å². The maximum absolute atomic E-state index is 13.8. The summed E-state index contributed by atoms with van der Waals surface area (Å²) in [7, 11) is 0. The van der Waals surface area contributed by atoms with Gasteiger partial charge in [0.15, 0.2) is 5.82 Å². The van der Waals surface area contributed by atoms with E-state index >= 15 is 0 Å². The topological polar surface area (TPSA) is 12.9 Å². The number of pyridine rings is 1. The van der Waals surface area contributed by atoms with E-state index in [1.807, 2.05) is 30.3 Å². The second-order valence-electron chi connectivity index (χ2n) is 3.12. The molecule has 1 aromatic carbocycles. The molecule has 0 bridgehead atoms. The summed E-state index contributed by atoms with van der Waals surface area (Å²) in [5.74, 6) is -0.245. The summed E-state index contributed by atoms with van der Waals surface area (Å²) in [6.45, 7) is 0. The zero-order valence-electron chi connectivity index (χ0n) is 7.95. The largest absolute Gasteiger partial charge is 0.257 e. The van der Waals surface area contributed by atoms with Crippen LogP contribution in [0.3, 0.4) is 0 Å². The highest BCUT2D eigenvalue weighted by molar-refractivity contribution is 6.16. The van der Waals surface area contributed by atoms with Crippen LogP contribution in [0.4, 0.5) is 4.39 Å². The smallest absolute Gasteiger partial charge is 0.153 e. The number of aromatic nitrogens is 1. The van der Waals surface area contributed by atoms with Crippen molar-refractivity contribution in [3.63, 3.8) is 0 Å². The third-order valence-corrected chi connectivity index (χ3v) is 2.43. The maximum atomic E-state index is 13.8. The first kappa shape index (κ1) is 10.1. The highest BCUT2D eigenvalue weighted by Crippen LogP contribution is 2.23. The van der Waals surface area contributed by atoms with Crippen LogP contribution in [-0.2, 0) is 5.88 Å². The van der Waals surface area contributed by atoms with Crippen LogP contribution in [0.25, 0.3) is 11.1 Å². The van der Waals surface area contributed by atoms with Gasteiger partial charge in [-0.05, 0) is 11.6 Å². The number of hydrogen-bond acceptors (Lipinski definition) is 1. The minimum atomic E-state index is -0.335. The molecule has 1 heterocycles. The summed E-state index contributed by atoms with van der Waals surface area (Å²) in [5.41, 5.74) is 1.67. The molecule has 0 radical (unpaired) electrons. The molecule has 0 saturated heterocycles. The predicted molar refractivity (Wildman–Crippen MR) is 59.2 cm³/mol. The Bertz CT molecular complexity index is 456. The highest BCUT2D eigenvalue weighted by Gasteiger charge is 2.09. The summed E-state index contributed by atoms with van der Waals surface area (Å²) in [6, 6.07) is 11.0. The van der Waals surface area contributed by atoms with Gasteiger partial charge in [0, 0.05) is 11.8 Å². The van der Waals surface area contributed by atoms with Gasteiger partial charge in [-0.1, -0.05) is 30.3 Å². The van der Waals surface area contributed by atoms with Crippen molar-refractivity contribution in [2.45, 2.75) is 5.88 Å². The highest BCUT2D eigenvalue weighted by atomic mass is 35.5. The summed E-state index contributed by atoms with van der Waals surface area (Å²) in [4.78, 5) is 3.88. The molecule has 0 fully saturated rings. The number of hydrogen-bond donors (Lipinski definition) is 0. The number of rotatable bonds is 2. The number of halogens is 2. The third-order valence-electron chi connectivity index (χ3n) is 2.17. The predicted octanol–water partition coefficient (Wildman–Crippen LogP) is 3.63. The Hall–Kier alpha value is -1.41. The Morgan fingerprint density at radius 1 is 1.13 bits per heavy atom. The number of benzene rings is 1. The van der Waals surface area contributed by atoms with Gasteiger partial charge in [0.25, 0.3) is 0 Å². The summed E-state index contributed by atoms with van der Waals surface area (Å²) < 4.78 is 13.8. The van der Waals surface area contributed by atoms with Crippen LogP contribution in [0.15, 0.2) is 42.6 Å². The van der Waals surface area contributed by atoms with Crippen molar-refractivity contribution in [1.82, 2.24) is 4.98 Å². The van der Waals surface area contributed by atoms with Gasteiger partial charge in [-0.25, -0.2) is 4.39 Å². The molecule has 0 aliphatic carbocycles. The van der Waals surface area contributed by atoms with Crippen molar-refractivity contribution in [2.75, 3.05) is 0 Å². The molecular formula is C12H9ClFN. The molecule has 0 aliphatic heterocycles. The Balaban J connectivity index is 2.54. The van der Waals surface area contributed by atoms with Gasteiger partial charge in [0.1, 0.15) is 0 Å². The summed E-state index contributed by atoms with van der Waals surface area (Å²) >= 11 is 5.59. The van der Waals surface area contributed by atoms with Crippen LogP contribution in [0.2, 0.25) is 0 Å².